The summed E-state index contributed by atoms with van der Waals surface area (Å²) in [5, 5.41) is 3.62. The van der Waals surface area contributed by atoms with Crippen molar-refractivity contribution >= 4 is 30.3 Å². The molecule has 2 unspecified atom stereocenters. The van der Waals surface area contributed by atoms with Crippen LogP contribution in [0.15, 0.2) is 85.0 Å². The van der Waals surface area contributed by atoms with Gasteiger partial charge in [0.05, 0.1) is 0 Å². The molecular formula is C28H39FePS. The minimum absolute atomic E-state index is 0. The van der Waals surface area contributed by atoms with Crippen molar-refractivity contribution in [2.24, 2.45) is 0 Å². The molecule has 0 radical (unpaired) electrons. The summed E-state index contributed by atoms with van der Waals surface area (Å²) in [7, 11) is -0.328. The number of thioether (sulfide) groups is 1. The Labute approximate surface area is 208 Å². The summed E-state index contributed by atoms with van der Waals surface area (Å²) in [6.45, 7) is 6.98. The molecule has 2 aliphatic carbocycles. The molecule has 4 rings (SSSR count). The summed E-state index contributed by atoms with van der Waals surface area (Å²) in [6, 6.07) is 22.2. The molecule has 2 atom stereocenters. The third-order valence-corrected chi connectivity index (χ3v) is 9.45. The predicted octanol–water partition coefficient (Wildman–Crippen LogP) is 7.97. The topological polar surface area (TPSA) is 0 Å². The summed E-state index contributed by atoms with van der Waals surface area (Å²) < 4.78 is 0.298. The molecule has 0 saturated carbocycles. The predicted molar refractivity (Wildman–Crippen MR) is 144 cm³/mol. The second kappa shape index (κ2) is 15.1. The van der Waals surface area contributed by atoms with Crippen LogP contribution in [0.1, 0.15) is 46.5 Å². The van der Waals surface area contributed by atoms with Gasteiger partial charge >= 0.3 is 17.1 Å². The van der Waals surface area contributed by atoms with Gasteiger partial charge in [-0.2, -0.15) is 0 Å². The molecule has 2 aromatic carbocycles. The fourth-order valence-electron chi connectivity index (χ4n) is 3.69. The van der Waals surface area contributed by atoms with E-state index in [9.17, 15) is 0 Å². The average molecular weight is 495 g/mol. The standard InChI is InChI=1S/C21H25PS.C5H8.2CH3.Fe/c1-21(2,3)23-20-16-10-15-19(20)22(17-11-6-4-7-12-17)18-13-8-5-9-14-18;1-2-4-5-3-1;;;/h4-14,16,19-20H,15H2,1-3H3;1-2H,3-5H2;2*1H3;/q;;2*-1;+2. The Morgan fingerprint density at radius 2 is 1.26 bits per heavy atom. The van der Waals surface area contributed by atoms with E-state index in [2.05, 4.69) is 118 Å². The molecule has 0 amide bonds. The summed E-state index contributed by atoms with van der Waals surface area (Å²) in [6.07, 6.45) is 14.5. The maximum Gasteiger partial charge on any atom is 2.00 e. The second-order valence-corrected chi connectivity index (χ2v) is 12.8. The molecular weight excluding hydrogens is 455 g/mol. The molecule has 2 aromatic rings. The van der Waals surface area contributed by atoms with Crippen molar-refractivity contribution < 1.29 is 17.1 Å². The van der Waals surface area contributed by atoms with E-state index in [4.69, 9.17) is 0 Å². The average Bonchev–Trinajstić information content (AvgIpc) is 3.39. The molecule has 0 spiro atoms. The second-order valence-electron chi connectivity index (χ2n) is 8.37. The molecule has 0 aromatic heterocycles. The molecule has 3 heteroatoms. The van der Waals surface area contributed by atoms with Gasteiger partial charge in [-0.15, -0.1) is 11.8 Å². The van der Waals surface area contributed by atoms with Crippen LogP contribution in [0.2, 0.25) is 0 Å². The zero-order chi connectivity index (χ0) is 19.8. The summed E-state index contributed by atoms with van der Waals surface area (Å²) in [5.41, 5.74) is 0.694. The van der Waals surface area contributed by atoms with Crippen LogP contribution in [0.4, 0.5) is 0 Å². The number of allylic oxidation sites excluding steroid dienone is 3. The molecule has 0 heterocycles. The Kier molecular flexibility index (Phi) is 14.7. The number of rotatable bonds is 4. The van der Waals surface area contributed by atoms with E-state index < -0.39 is 0 Å². The van der Waals surface area contributed by atoms with Crippen molar-refractivity contribution in [3.63, 3.8) is 0 Å². The smallest absolute Gasteiger partial charge is 0.358 e. The fraction of sp³-hybridized carbons (Fsp3) is 0.357. The van der Waals surface area contributed by atoms with Crippen LogP contribution < -0.4 is 10.6 Å². The van der Waals surface area contributed by atoms with E-state index in [0.29, 0.717) is 15.7 Å². The van der Waals surface area contributed by atoms with Crippen LogP contribution >= 0.6 is 19.7 Å². The molecule has 0 bridgehead atoms. The van der Waals surface area contributed by atoms with Gasteiger partial charge in [-0.1, -0.05) is 106 Å². The van der Waals surface area contributed by atoms with Gasteiger partial charge in [-0.25, -0.2) is 0 Å². The normalized spacial score (nSPS) is 19.0. The van der Waals surface area contributed by atoms with Crippen LogP contribution in [0, 0.1) is 14.9 Å². The van der Waals surface area contributed by atoms with Crippen LogP contribution in [0.25, 0.3) is 0 Å². The van der Waals surface area contributed by atoms with E-state index in [1.165, 1.54) is 36.3 Å². The zero-order valence-corrected chi connectivity index (χ0v) is 22.6. The van der Waals surface area contributed by atoms with Crippen LogP contribution in [-0.2, 0) is 17.1 Å². The molecule has 0 saturated heterocycles. The monoisotopic (exact) mass is 494 g/mol. The van der Waals surface area contributed by atoms with E-state index >= 15 is 0 Å². The molecule has 0 aliphatic heterocycles. The largest absolute Gasteiger partial charge is 2.00 e. The van der Waals surface area contributed by atoms with Crippen molar-refractivity contribution in [3.05, 3.63) is 99.8 Å². The Morgan fingerprint density at radius 1 is 0.774 bits per heavy atom. The maximum atomic E-state index is 2.45. The molecule has 0 N–H and O–H groups in total. The van der Waals surface area contributed by atoms with E-state index in [1.54, 1.807) is 0 Å². The number of hydrogen-bond acceptors (Lipinski definition) is 1. The van der Waals surface area contributed by atoms with Gasteiger partial charge in [0.1, 0.15) is 0 Å². The van der Waals surface area contributed by atoms with Gasteiger partial charge in [0.15, 0.2) is 0 Å². The first-order valence-corrected chi connectivity index (χ1v) is 12.7. The molecule has 31 heavy (non-hydrogen) atoms. The first-order valence-electron chi connectivity index (χ1n) is 10.4. The van der Waals surface area contributed by atoms with Gasteiger partial charge < -0.3 is 14.9 Å². The van der Waals surface area contributed by atoms with Gasteiger partial charge in [-0.3, -0.25) is 0 Å². The van der Waals surface area contributed by atoms with E-state index in [1.807, 2.05) is 0 Å². The third-order valence-electron chi connectivity index (χ3n) is 4.88. The van der Waals surface area contributed by atoms with Crippen molar-refractivity contribution in [1.82, 2.24) is 0 Å². The van der Waals surface area contributed by atoms with Gasteiger partial charge in [0.25, 0.3) is 0 Å². The maximum absolute atomic E-state index is 2.45. The summed E-state index contributed by atoms with van der Waals surface area (Å²) in [4.78, 5) is 0. The molecule has 2 aliphatic rings. The van der Waals surface area contributed by atoms with Crippen LogP contribution in [-0.4, -0.2) is 15.7 Å². The van der Waals surface area contributed by atoms with Crippen LogP contribution in [0.5, 0.6) is 0 Å². The van der Waals surface area contributed by atoms with Gasteiger partial charge in [0, 0.05) is 15.7 Å². The SMILES string of the molecule is C1=CCCC1.CC(C)(C)SC1C=CCC1P(c1ccccc1)c1ccccc1.[CH3-].[CH3-].[Fe+2]. The number of benzene rings is 2. The van der Waals surface area contributed by atoms with Crippen LogP contribution in [0.3, 0.4) is 0 Å². The Bertz CT molecular complexity index is 719. The van der Waals surface area contributed by atoms with Crippen molar-refractivity contribution in [3.8, 4) is 0 Å². The van der Waals surface area contributed by atoms with Crippen molar-refractivity contribution in [1.29, 1.82) is 0 Å². The third kappa shape index (κ3) is 9.71. The van der Waals surface area contributed by atoms with Gasteiger partial charge in [-0.05, 0) is 44.2 Å². The summed E-state index contributed by atoms with van der Waals surface area (Å²) in [5.74, 6) is 0. The van der Waals surface area contributed by atoms with Crippen molar-refractivity contribution in [2.45, 2.75) is 62.1 Å². The molecule has 0 nitrogen and oxygen atoms in total. The molecule has 0 fully saturated rings. The quantitative estimate of drug-likeness (QED) is 0.180. The Balaban J connectivity index is 0.000000995. The van der Waals surface area contributed by atoms with E-state index in [0.717, 1.165) is 0 Å². The molecule has 170 valence electrons. The van der Waals surface area contributed by atoms with Crippen molar-refractivity contribution in [2.75, 3.05) is 0 Å². The van der Waals surface area contributed by atoms with E-state index in [-0.39, 0.29) is 39.8 Å². The first kappa shape index (κ1) is 30.2. The zero-order valence-electron chi connectivity index (χ0n) is 19.8. The summed E-state index contributed by atoms with van der Waals surface area (Å²) >= 11 is 2.12. The Hall–Kier alpha value is -0.781. The van der Waals surface area contributed by atoms with Gasteiger partial charge in [0.2, 0.25) is 0 Å². The minimum atomic E-state index is -0.328. The fourth-order valence-corrected chi connectivity index (χ4v) is 8.29. The minimum Gasteiger partial charge on any atom is -0.358 e. The number of hydrogen-bond donors (Lipinski definition) is 0. The first-order chi connectivity index (χ1) is 13.5. The Morgan fingerprint density at radius 3 is 1.65 bits per heavy atom.